The minimum absolute atomic E-state index is 0.158. The number of aromatic amines is 1. The van der Waals surface area contributed by atoms with Crippen molar-refractivity contribution in [3.8, 4) is 16.9 Å². The predicted octanol–water partition coefficient (Wildman–Crippen LogP) is 5.08. The number of aromatic nitrogens is 4. The lowest BCUT2D eigenvalue weighted by Crippen LogP contribution is -2.18. The van der Waals surface area contributed by atoms with E-state index in [2.05, 4.69) is 46.6 Å². The Kier molecular flexibility index (Phi) is 5.28. The normalized spacial score (nSPS) is 12.2. The number of H-pyrrole nitrogens is 1. The molecule has 0 aliphatic carbocycles. The summed E-state index contributed by atoms with van der Waals surface area (Å²) in [6.45, 7) is 4.96. The molecule has 1 atom stereocenters. The van der Waals surface area contributed by atoms with Crippen LogP contribution in [0, 0.1) is 6.92 Å². The van der Waals surface area contributed by atoms with Gasteiger partial charge in [-0.3, -0.25) is 5.10 Å². The Balaban J connectivity index is 1.49. The van der Waals surface area contributed by atoms with Crippen molar-refractivity contribution in [3.05, 3.63) is 88.8 Å². The number of nitrogens with one attached hydrogen (secondary N) is 2. The molecular weight excluding hydrogens is 370 g/mol. The fourth-order valence-corrected chi connectivity index (χ4v) is 3.49. The molecule has 2 aromatic heterocycles. The van der Waals surface area contributed by atoms with Crippen LogP contribution in [-0.4, -0.2) is 20.0 Å². The molecule has 2 heterocycles. The third kappa shape index (κ3) is 3.72. The third-order valence-electron chi connectivity index (χ3n) is 4.96. The maximum absolute atomic E-state index is 6.00. The highest BCUT2D eigenvalue weighted by Crippen LogP contribution is 2.24. The molecule has 6 heteroatoms. The molecule has 0 spiro atoms. The maximum atomic E-state index is 6.00. The molecule has 0 radical (unpaired) electrons. The number of hydrogen-bond donors (Lipinski definition) is 2. The van der Waals surface area contributed by atoms with Crippen molar-refractivity contribution in [2.75, 3.05) is 0 Å². The van der Waals surface area contributed by atoms with Gasteiger partial charge in [-0.15, -0.1) is 0 Å². The van der Waals surface area contributed by atoms with Crippen LogP contribution in [0.4, 0.5) is 0 Å². The SMILES string of the molecule is Cc1c(C(C)NCc2cn[nH]c2-c2ccc(Cl)cc2)cnn1-c1ccccc1. The van der Waals surface area contributed by atoms with Gasteiger partial charge < -0.3 is 5.32 Å². The van der Waals surface area contributed by atoms with Crippen molar-refractivity contribution in [1.82, 2.24) is 25.3 Å². The molecule has 0 saturated carbocycles. The summed E-state index contributed by atoms with van der Waals surface area (Å²) in [4.78, 5) is 0. The van der Waals surface area contributed by atoms with Crippen LogP contribution in [-0.2, 0) is 6.54 Å². The van der Waals surface area contributed by atoms with Gasteiger partial charge in [0.15, 0.2) is 0 Å². The van der Waals surface area contributed by atoms with E-state index in [9.17, 15) is 0 Å². The molecule has 1 unspecified atom stereocenters. The molecule has 2 N–H and O–H groups in total. The van der Waals surface area contributed by atoms with Gasteiger partial charge in [0.25, 0.3) is 0 Å². The Morgan fingerprint density at radius 1 is 1.07 bits per heavy atom. The van der Waals surface area contributed by atoms with Gasteiger partial charge in [0.05, 0.1) is 23.8 Å². The molecule has 0 aliphatic rings. The fraction of sp³-hybridized carbons (Fsp3) is 0.182. The third-order valence-corrected chi connectivity index (χ3v) is 5.22. The lowest BCUT2D eigenvalue weighted by molar-refractivity contribution is 0.572. The van der Waals surface area contributed by atoms with Crippen LogP contribution in [0.5, 0.6) is 0 Å². The molecule has 0 bridgehead atoms. The van der Waals surface area contributed by atoms with E-state index in [0.717, 1.165) is 33.2 Å². The molecule has 4 aromatic rings. The zero-order valence-corrected chi connectivity index (χ0v) is 16.6. The van der Waals surface area contributed by atoms with E-state index in [1.807, 2.05) is 59.5 Å². The largest absolute Gasteiger partial charge is 0.306 e. The molecule has 0 aliphatic heterocycles. The Morgan fingerprint density at radius 3 is 2.57 bits per heavy atom. The van der Waals surface area contributed by atoms with Gasteiger partial charge in [0.1, 0.15) is 0 Å². The Bertz CT molecular complexity index is 1050. The summed E-state index contributed by atoms with van der Waals surface area (Å²) in [5.41, 5.74) is 6.57. The highest BCUT2D eigenvalue weighted by molar-refractivity contribution is 6.30. The predicted molar refractivity (Wildman–Crippen MR) is 113 cm³/mol. The summed E-state index contributed by atoms with van der Waals surface area (Å²) >= 11 is 6.00. The first kappa shape index (κ1) is 18.5. The maximum Gasteiger partial charge on any atom is 0.0695 e. The zero-order chi connectivity index (χ0) is 19.5. The van der Waals surface area contributed by atoms with E-state index in [1.54, 1.807) is 0 Å². The number of rotatable bonds is 6. The molecule has 0 fully saturated rings. The Hall–Kier alpha value is -2.89. The van der Waals surface area contributed by atoms with Gasteiger partial charge in [0, 0.05) is 34.4 Å². The van der Waals surface area contributed by atoms with E-state index in [4.69, 9.17) is 11.6 Å². The van der Waals surface area contributed by atoms with Crippen molar-refractivity contribution in [2.45, 2.75) is 26.4 Å². The second-order valence-corrected chi connectivity index (χ2v) is 7.25. The molecule has 2 aromatic carbocycles. The fourth-order valence-electron chi connectivity index (χ4n) is 3.36. The average Bonchev–Trinajstić information content (AvgIpc) is 3.34. The van der Waals surface area contributed by atoms with Crippen molar-refractivity contribution >= 4 is 11.6 Å². The first-order valence-corrected chi connectivity index (χ1v) is 9.63. The topological polar surface area (TPSA) is 58.5 Å². The molecule has 0 amide bonds. The number of para-hydroxylation sites is 1. The lowest BCUT2D eigenvalue weighted by Gasteiger charge is -2.14. The molecule has 28 heavy (non-hydrogen) atoms. The number of hydrogen-bond acceptors (Lipinski definition) is 3. The first-order valence-electron chi connectivity index (χ1n) is 9.25. The molecule has 4 rings (SSSR count). The highest BCUT2D eigenvalue weighted by atomic mass is 35.5. The van der Waals surface area contributed by atoms with Crippen LogP contribution in [0.25, 0.3) is 16.9 Å². The molecule has 142 valence electrons. The van der Waals surface area contributed by atoms with Crippen LogP contribution in [0.1, 0.15) is 29.8 Å². The minimum atomic E-state index is 0.158. The van der Waals surface area contributed by atoms with Gasteiger partial charge in [-0.1, -0.05) is 41.9 Å². The second-order valence-electron chi connectivity index (χ2n) is 6.81. The molecule has 0 saturated heterocycles. The average molecular weight is 392 g/mol. The van der Waals surface area contributed by atoms with E-state index in [-0.39, 0.29) is 6.04 Å². The van der Waals surface area contributed by atoms with Gasteiger partial charge in [-0.05, 0) is 43.7 Å². The Morgan fingerprint density at radius 2 is 1.82 bits per heavy atom. The molecule has 5 nitrogen and oxygen atoms in total. The summed E-state index contributed by atoms with van der Waals surface area (Å²) in [5, 5.41) is 16.2. The number of nitrogens with zero attached hydrogens (tertiary/aromatic N) is 3. The second kappa shape index (κ2) is 8.00. The van der Waals surface area contributed by atoms with Crippen LogP contribution >= 0.6 is 11.6 Å². The standard InChI is InChI=1S/C22H22ClN5/c1-15(21-14-26-28(16(21)2)20-6-4-3-5-7-20)24-12-18-13-25-27-22(18)17-8-10-19(23)11-9-17/h3-11,13-15,24H,12H2,1-2H3,(H,25,27). The first-order chi connectivity index (χ1) is 13.6. The summed E-state index contributed by atoms with van der Waals surface area (Å²) < 4.78 is 1.98. The van der Waals surface area contributed by atoms with Gasteiger partial charge in [-0.2, -0.15) is 10.2 Å². The summed E-state index contributed by atoms with van der Waals surface area (Å²) in [7, 11) is 0. The van der Waals surface area contributed by atoms with Gasteiger partial charge in [-0.25, -0.2) is 4.68 Å². The van der Waals surface area contributed by atoms with Gasteiger partial charge in [0.2, 0.25) is 0 Å². The van der Waals surface area contributed by atoms with E-state index < -0.39 is 0 Å². The highest BCUT2D eigenvalue weighted by Gasteiger charge is 2.15. The van der Waals surface area contributed by atoms with Crippen LogP contribution in [0.15, 0.2) is 67.0 Å². The van der Waals surface area contributed by atoms with Crippen molar-refractivity contribution in [3.63, 3.8) is 0 Å². The Labute approximate surface area is 169 Å². The van der Waals surface area contributed by atoms with Crippen LogP contribution in [0.2, 0.25) is 5.02 Å². The van der Waals surface area contributed by atoms with E-state index in [1.165, 1.54) is 5.56 Å². The number of benzene rings is 2. The van der Waals surface area contributed by atoms with Crippen LogP contribution < -0.4 is 5.32 Å². The van der Waals surface area contributed by atoms with Crippen molar-refractivity contribution < 1.29 is 0 Å². The monoisotopic (exact) mass is 391 g/mol. The molecular formula is C22H22ClN5. The van der Waals surface area contributed by atoms with Crippen molar-refractivity contribution in [2.24, 2.45) is 0 Å². The van der Waals surface area contributed by atoms with Gasteiger partial charge >= 0.3 is 0 Å². The van der Waals surface area contributed by atoms with Crippen LogP contribution in [0.3, 0.4) is 0 Å². The summed E-state index contributed by atoms with van der Waals surface area (Å²) in [6.07, 6.45) is 3.80. The van der Waals surface area contributed by atoms with Crippen molar-refractivity contribution in [1.29, 1.82) is 0 Å². The quantitative estimate of drug-likeness (QED) is 0.482. The number of halogens is 1. The minimum Gasteiger partial charge on any atom is -0.306 e. The zero-order valence-electron chi connectivity index (χ0n) is 15.9. The van der Waals surface area contributed by atoms with E-state index >= 15 is 0 Å². The van der Waals surface area contributed by atoms with E-state index in [0.29, 0.717) is 6.54 Å². The summed E-state index contributed by atoms with van der Waals surface area (Å²) in [6, 6.07) is 18.1. The lowest BCUT2D eigenvalue weighted by atomic mass is 10.1. The smallest absolute Gasteiger partial charge is 0.0695 e. The summed E-state index contributed by atoms with van der Waals surface area (Å²) in [5.74, 6) is 0.